The average molecular weight is 212 g/mol. The fraction of sp³-hybridized carbons (Fsp3) is 0.125. The monoisotopic (exact) mass is 211 g/mol. The van der Waals surface area contributed by atoms with E-state index in [1.165, 1.54) is 4.80 Å². The van der Waals surface area contributed by atoms with Gasteiger partial charge in [0, 0.05) is 6.20 Å². The SMILES string of the molecule is Cc1nn(-c2cccnc2)nc1N.Cl. The second-order valence-corrected chi connectivity index (χ2v) is 2.67. The molecule has 2 aromatic rings. The zero-order chi connectivity index (χ0) is 9.26. The van der Waals surface area contributed by atoms with Crippen molar-refractivity contribution in [1.82, 2.24) is 20.0 Å². The van der Waals surface area contributed by atoms with Crippen molar-refractivity contribution in [2.75, 3.05) is 5.73 Å². The molecule has 0 spiro atoms. The topological polar surface area (TPSA) is 69.6 Å². The number of aromatic nitrogens is 4. The maximum atomic E-state index is 5.56. The van der Waals surface area contributed by atoms with Gasteiger partial charge in [-0.25, -0.2) is 0 Å². The van der Waals surface area contributed by atoms with E-state index in [0.717, 1.165) is 11.4 Å². The maximum absolute atomic E-state index is 5.56. The lowest BCUT2D eigenvalue weighted by molar-refractivity contribution is 0.744. The summed E-state index contributed by atoms with van der Waals surface area (Å²) in [5.41, 5.74) is 7.10. The Morgan fingerprint density at radius 2 is 2.14 bits per heavy atom. The Hall–Kier alpha value is -1.62. The summed E-state index contributed by atoms with van der Waals surface area (Å²) in [7, 11) is 0. The molecule has 0 aliphatic carbocycles. The van der Waals surface area contributed by atoms with Crippen molar-refractivity contribution in [3.63, 3.8) is 0 Å². The van der Waals surface area contributed by atoms with Gasteiger partial charge in [-0.1, -0.05) is 0 Å². The third-order valence-corrected chi connectivity index (χ3v) is 1.69. The standard InChI is InChI=1S/C8H9N5.ClH/c1-6-8(9)12-13(11-6)7-3-2-4-10-5-7;/h2-5H,1H3,(H2,9,12);1H. The number of nitrogens with zero attached hydrogens (tertiary/aromatic N) is 4. The molecule has 0 saturated heterocycles. The molecule has 74 valence electrons. The molecule has 2 rings (SSSR count). The van der Waals surface area contributed by atoms with Crippen LogP contribution in [0.1, 0.15) is 5.69 Å². The second-order valence-electron chi connectivity index (χ2n) is 2.67. The van der Waals surface area contributed by atoms with Crippen LogP contribution in [0.15, 0.2) is 24.5 Å². The van der Waals surface area contributed by atoms with Crippen LogP contribution in [-0.2, 0) is 0 Å². The molecular weight excluding hydrogens is 202 g/mol. The minimum atomic E-state index is 0. The summed E-state index contributed by atoms with van der Waals surface area (Å²) in [6, 6.07) is 3.69. The largest absolute Gasteiger partial charge is 0.381 e. The Labute approximate surface area is 87.4 Å². The number of nitrogen functional groups attached to an aromatic ring is 1. The van der Waals surface area contributed by atoms with Crippen LogP contribution in [0.5, 0.6) is 0 Å². The van der Waals surface area contributed by atoms with Crippen molar-refractivity contribution >= 4 is 18.2 Å². The maximum Gasteiger partial charge on any atom is 0.169 e. The van der Waals surface area contributed by atoms with Crippen molar-refractivity contribution in [3.05, 3.63) is 30.2 Å². The third kappa shape index (κ3) is 1.82. The van der Waals surface area contributed by atoms with Gasteiger partial charge in [0.2, 0.25) is 0 Å². The lowest BCUT2D eigenvalue weighted by Crippen LogP contribution is -1.99. The van der Waals surface area contributed by atoms with E-state index in [0.29, 0.717) is 5.82 Å². The number of hydrogen-bond acceptors (Lipinski definition) is 4. The van der Waals surface area contributed by atoms with Crippen molar-refractivity contribution in [3.8, 4) is 5.69 Å². The lowest BCUT2D eigenvalue weighted by Gasteiger charge is -1.95. The Balaban J connectivity index is 0.000000980. The number of aryl methyl sites for hydroxylation is 1. The van der Waals surface area contributed by atoms with Crippen LogP contribution in [0.4, 0.5) is 5.82 Å². The summed E-state index contributed by atoms with van der Waals surface area (Å²) in [5.74, 6) is 0.448. The van der Waals surface area contributed by atoms with Crippen LogP contribution >= 0.6 is 12.4 Å². The Kier molecular flexibility index (Phi) is 3.03. The van der Waals surface area contributed by atoms with Crippen molar-refractivity contribution in [2.45, 2.75) is 6.92 Å². The van der Waals surface area contributed by atoms with Gasteiger partial charge in [0.15, 0.2) is 5.82 Å². The van der Waals surface area contributed by atoms with E-state index in [-0.39, 0.29) is 12.4 Å². The molecular formula is C8H10ClN5. The molecule has 0 atom stereocenters. The molecule has 0 fully saturated rings. The fourth-order valence-corrected chi connectivity index (χ4v) is 0.978. The van der Waals surface area contributed by atoms with Crippen LogP contribution in [0.3, 0.4) is 0 Å². The van der Waals surface area contributed by atoms with E-state index in [1.807, 2.05) is 19.1 Å². The number of nitrogens with two attached hydrogens (primary N) is 1. The summed E-state index contributed by atoms with van der Waals surface area (Å²) < 4.78 is 0. The van der Waals surface area contributed by atoms with Crippen molar-refractivity contribution in [1.29, 1.82) is 0 Å². The molecule has 2 aromatic heterocycles. The number of halogens is 1. The van der Waals surface area contributed by atoms with Crippen LogP contribution < -0.4 is 5.73 Å². The van der Waals surface area contributed by atoms with Crippen LogP contribution in [0.2, 0.25) is 0 Å². The normalized spacial score (nSPS) is 9.50. The highest BCUT2D eigenvalue weighted by Crippen LogP contribution is 2.06. The highest BCUT2D eigenvalue weighted by atomic mass is 35.5. The van der Waals surface area contributed by atoms with Gasteiger partial charge in [0.1, 0.15) is 11.4 Å². The summed E-state index contributed by atoms with van der Waals surface area (Å²) in [6.45, 7) is 1.81. The Morgan fingerprint density at radius 3 is 2.64 bits per heavy atom. The zero-order valence-electron chi connectivity index (χ0n) is 7.58. The van der Waals surface area contributed by atoms with Gasteiger partial charge < -0.3 is 5.73 Å². The first-order chi connectivity index (χ1) is 6.27. The molecule has 0 radical (unpaired) electrons. The lowest BCUT2D eigenvalue weighted by atomic mass is 10.4. The van der Waals surface area contributed by atoms with E-state index in [4.69, 9.17) is 5.73 Å². The number of pyridine rings is 1. The van der Waals surface area contributed by atoms with E-state index in [9.17, 15) is 0 Å². The summed E-state index contributed by atoms with van der Waals surface area (Å²) in [5, 5.41) is 8.14. The average Bonchev–Trinajstić information content (AvgIpc) is 2.49. The van der Waals surface area contributed by atoms with E-state index < -0.39 is 0 Å². The molecule has 6 heteroatoms. The summed E-state index contributed by atoms with van der Waals surface area (Å²) in [4.78, 5) is 5.43. The van der Waals surface area contributed by atoms with Crippen molar-refractivity contribution < 1.29 is 0 Å². The molecule has 0 amide bonds. The first kappa shape index (κ1) is 10.5. The highest BCUT2D eigenvalue weighted by molar-refractivity contribution is 5.85. The molecule has 0 unspecified atom stereocenters. The highest BCUT2D eigenvalue weighted by Gasteiger charge is 2.03. The predicted octanol–water partition coefficient (Wildman–Crippen LogP) is 0.975. The zero-order valence-corrected chi connectivity index (χ0v) is 8.40. The summed E-state index contributed by atoms with van der Waals surface area (Å²) in [6.07, 6.45) is 3.38. The van der Waals surface area contributed by atoms with Gasteiger partial charge in [-0.15, -0.1) is 22.3 Å². The van der Waals surface area contributed by atoms with Gasteiger partial charge >= 0.3 is 0 Å². The van der Waals surface area contributed by atoms with Crippen LogP contribution in [0.25, 0.3) is 5.69 Å². The molecule has 0 aromatic carbocycles. The van der Waals surface area contributed by atoms with E-state index in [1.54, 1.807) is 12.4 Å². The Morgan fingerprint density at radius 1 is 1.36 bits per heavy atom. The minimum Gasteiger partial charge on any atom is -0.381 e. The quantitative estimate of drug-likeness (QED) is 0.763. The van der Waals surface area contributed by atoms with Gasteiger partial charge in [-0.2, -0.15) is 5.10 Å². The van der Waals surface area contributed by atoms with E-state index in [2.05, 4.69) is 15.2 Å². The van der Waals surface area contributed by atoms with Crippen LogP contribution in [0, 0.1) is 6.92 Å². The molecule has 2 N–H and O–H groups in total. The van der Waals surface area contributed by atoms with Gasteiger partial charge in [-0.3, -0.25) is 4.98 Å². The number of anilines is 1. The number of rotatable bonds is 1. The predicted molar refractivity (Wildman–Crippen MR) is 55.6 cm³/mol. The third-order valence-electron chi connectivity index (χ3n) is 1.69. The summed E-state index contributed by atoms with van der Waals surface area (Å²) >= 11 is 0. The van der Waals surface area contributed by atoms with Gasteiger partial charge in [-0.05, 0) is 19.1 Å². The molecule has 14 heavy (non-hydrogen) atoms. The Bertz CT molecular complexity index is 391. The number of hydrogen-bond donors (Lipinski definition) is 1. The first-order valence-electron chi connectivity index (χ1n) is 3.87. The molecule has 5 nitrogen and oxygen atoms in total. The minimum absolute atomic E-state index is 0. The smallest absolute Gasteiger partial charge is 0.169 e. The van der Waals surface area contributed by atoms with Gasteiger partial charge in [0.05, 0.1) is 6.20 Å². The molecule has 0 bridgehead atoms. The molecule has 0 saturated carbocycles. The first-order valence-corrected chi connectivity index (χ1v) is 3.87. The van der Waals surface area contributed by atoms with E-state index >= 15 is 0 Å². The van der Waals surface area contributed by atoms with Crippen LogP contribution in [-0.4, -0.2) is 20.0 Å². The molecule has 0 aliphatic heterocycles. The molecule has 2 heterocycles. The second kappa shape index (κ2) is 4.06. The van der Waals surface area contributed by atoms with Gasteiger partial charge in [0.25, 0.3) is 0 Å². The van der Waals surface area contributed by atoms with Crippen molar-refractivity contribution in [2.24, 2.45) is 0 Å². The fourth-order valence-electron chi connectivity index (χ4n) is 0.978. The molecule has 0 aliphatic rings.